The smallest absolute Gasteiger partial charge is 0.241 e. The number of sulfonamides is 1. The van der Waals surface area contributed by atoms with Crippen molar-refractivity contribution < 1.29 is 27.4 Å². The average Bonchev–Trinajstić information content (AvgIpc) is 2.89. The highest BCUT2D eigenvalue weighted by molar-refractivity contribution is 7.89. The van der Waals surface area contributed by atoms with E-state index in [1.807, 2.05) is 26.0 Å². The van der Waals surface area contributed by atoms with Crippen LogP contribution < -0.4 is 23.7 Å². The number of benzene rings is 2. The van der Waals surface area contributed by atoms with Gasteiger partial charge in [-0.3, -0.25) is 0 Å². The van der Waals surface area contributed by atoms with Crippen molar-refractivity contribution in [1.29, 1.82) is 0 Å². The first-order chi connectivity index (χ1) is 14.0. The van der Waals surface area contributed by atoms with E-state index >= 15 is 0 Å². The fraction of sp³-hybridized carbons (Fsp3) is 0.429. The minimum absolute atomic E-state index is 0.0944. The Morgan fingerprint density at radius 2 is 1.90 bits per heavy atom. The number of ether oxygens (including phenoxy) is 4. The second-order valence-corrected chi connectivity index (χ2v) is 8.88. The second-order valence-electron chi connectivity index (χ2n) is 7.12. The SMILES string of the molecule is CCOc1cc2c(cc1CNS(=O)(=O)c1ccc3c(c1)OCCCO3)OC(C)C2. The van der Waals surface area contributed by atoms with Crippen molar-refractivity contribution in [3.05, 3.63) is 41.5 Å². The third kappa shape index (κ3) is 4.28. The van der Waals surface area contributed by atoms with Crippen LogP contribution in [-0.4, -0.2) is 34.3 Å². The van der Waals surface area contributed by atoms with Crippen molar-refractivity contribution in [2.45, 2.75) is 44.2 Å². The quantitative estimate of drug-likeness (QED) is 0.775. The molecule has 2 aliphatic rings. The molecule has 0 radical (unpaired) electrons. The molecule has 0 saturated carbocycles. The van der Waals surface area contributed by atoms with Gasteiger partial charge < -0.3 is 18.9 Å². The molecule has 1 atom stereocenters. The van der Waals surface area contributed by atoms with Crippen molar-refractivity contribution >= 4 is 10.0 Å². The van der Waals surface area contributed by atoms with E-state index in [1.54, 1.807) is 6.07 Å². The Kier molecular flexibility index (Phi) is 5.56. The number of fused-ring (bicyclic) bond motifs is 2. The van der Waals surface area contributed by atoms with E-state index in [0.717, 1.165) is 29.7 Å². The van der Waals surface area contributed by atoms with E-state index in [0.29, 0.717) is 37.1 Å². The molecule has 2 heterocycles. The van der Waals surface area contributed by atoms with Gasteiger partial charge in [0.2, 0.25) is 10.0 Å². The van der Waals surface area contributed by atoms with Crippen LogP contribution in [0.25, 0.3) is 0 Å². The van der Waals surface area contributed by atoms with Crippen LogP contribution in [0.15, 0.2) is 35.2 Å². The molecule has 4 rings (SSSR count). The summed E-state index contributed by atoms with van der Waals surface area (Å²) in [5, 5.41) is 0. The molecule has 156 valence electrons. The highest BCUT2D eigenvalue weighted by atomic mass is 32.2. The van der Waals surface area contributed by atoms with Crippen LogP contribution in [0.1, 0.15) is 31.4 Å². The predicted octanol–water partition coefficient (Wildman–Crippen LogP) is 3.05. The highest BCUT2D eigenvalue weighted by Crippen LogP contribution is 2.36. The molecule has 0 amide bonds. The molecule has 29 heavy (non-hydrogen) atoms. The minimum Gasteiger partial charge on any atom is -0.494 e. The molecule has 0 spiro atoms. The van der Waals surface area contributed by atoms with Gasteiger partial charge in [-0.25, -0.2) is 13.1 Å². The van der Waals surface area contributed by atoms with Gasteiger partial charge in [0.05, 0.1) is 24.7 Å². The van der Waals surface area contributed by atoms with E-state index in [9.17, 15) is 8.42 Å². The van der Waals surface area contributed by atoms with Gasteiger partial charge in [0, 0.05) is 36.6 Å². The zero-order valence-corrected chi connectivity index (χ0v) is 17.4. The van der Waals surface area contributed by atoms with Gasteiger partial charge in [-0.2, -0.15) is 0 Å². The van der Waals surface area contributed by atoms with Crippen molar-refractivity contribution in [2.24, 2.45) is 0 Å². The molecular weight excluding hydrogens is 394 g/mol. The van der Waals surface area contributed by atoms with E-state index < -0.39 is 10.0 Å². The Bertz CT molecular complexity index is 1000. The molecule has 0 fully saturated rings. The summed E-state index contributed by atoms with van der Waals surface area (Å²) in [5.41, 5.74) is 1.81. The molecule has 2 aliphatic heterocycles. The fourth-order valence-electron chi connectivity index (χ4n) is 3.48. The Hall–Kier alpha value is -2.45. The summed E-state index contributed by atoms with van der Waals surface area (Å²) in [4.78, 5) is 0.130. The first-order valence-corrected chi connectivity index (χ1v) is 11.3. The number of hydrogen-bond acceptors (Lipinski definition) is 6. The van der Waals surface area contributed by atoms with Gasteiger partial charge in [0.25, 0.3) is 0 Å². The fourth-order valence-corrected chi connectivity index (χ4v) is 4.50. The molecule has 0 aliphatic carbocycles. The van der Waals surface area contributed by atoms with Crippen LogP contribution >= 0.6 is 0 Å². The third-order valence-electron chi connectivity index (χ3n) is 4.86. The number of rotatable bonds is 6. The molecule has 2 aromatic rings. The predicted molar refractivity (Wildman–Crippen MR) is 107 cm³/mol. The molecule has 1 unspecified atom stereocenters. The van der Waals surface area contributed by atoms with Crippen LogP contribution in [0.5, 0.6) is 23.0 Å². The summed E-state index contributed by atoms with van der Waals surface area (Å²) in [6.45, 7) is 5.55. The van der Waals surface area contributed by atoms with Crippen LogP contribution in [0.2, 0.25) is 0 Å². The molecule has 2 aromatic carbocycles. The van der Waals surface area contributed by atoms with E-state index in [2.05, 4.69) is 4.72 Å². The van der Waals surface area contributed by atoms with Crippen molar-refractivity contribution in [1.82, 2.24) is 4.72 Å². The molecule has 1 N–H and O–H groups in total. The average molecular weight is 419 g/mol. The standard InChI is InChI=1S/C21H25NO6S/c1-3-25-19-10-15-9-14(2)28-20(15)11-16(19)13-22-29(23,24)17-5-6-18-21(12-17)27-8-4-7-26-18/h5-6,10-12,14,22H,3-4,7-9,13H2,1-2H3. The minimum atomic E-state index is -3.74. The van der Waals surface area contributed by atoms with Crippen LogP contribution in [0.4, 0.5) is 0 Å². The van der Waals surface area contributed by atoms with E-state index in [1.165, 1.54) is 12.1 Å². The largest absolute Gasteiger partial charge is 0.494 e. The molecule has 0 saturated heterocycles. The normalized spacial score (nSPS) is 17.9. The first kappa shape index (κ1) is 19.8. The summed E-state index contributed by atoms with van der Waals surface area (Å²) in [7, 11) is -3.74. The number of hydrogen-bond donors (Lipinski definition) is 1. The maximum atomic E-state index is 12.9. The van der Waals surface area contributed by atoms with Gasteiger partial charge in [-0.1, -0.05) is 0 Å². The maximum absolute atomic E-state index is 12.9. The summed E-state index contributed by atoms with van der Waals surface area (Å²) < 4.78 is 51.1. The van der Waals surface area contributed by atoms with Crippen LogP contribution in [0.3, 0.4) is 0 Å². The van der Waals surface area contributed by atoms with Crippen molar-refractivity contribution in [3.8, 4) is 23.0 Å². The lowest BCUT2D eigenvalue weighted by Gasteiger charge is -2.14. The third-order valence-corrected chi connectivity index (χ3v) is 6.26. The molecule has 8 heteroatoms. The van der Waals surface area contributed by atoms with E-state index in [-0.39, 0.29) is 17.5 Å². The van der Waals surface area contributed by atoms with Gasteiger partial charge in [0.1, 0.15) is 17.6 Å². The molecule has 7 nitrogen and oxygen atoms in total. The van der Waals surface area contributed by atoms with E-state index in [4.69, 9.17) is 18.9 Å². The van der Waals surface area contributed by atoms with Gasteiger partial charge in [-0.05, 0) is 38.1 Å². The lowest BCUT2D eigenvalue weighted by molar-refractivity contribution is 0.254. The Morgan fingerprint density at radius 1 is 1.10 bits per heavy atom. The number of nitrogens with one attached hydrogen (secondary N) is 1. The van der Waals surface area contributed by atoms with Crippen LogP contribution in [-0.2, 0) is 23.0 Å². The maximum Gasteiger partial charge on any atom is 0.241 e. The molecule has 0 bridgehead atoms. The van der Waals surface area contributed by atoms with Crippen LogP contribution in [0, 0.1) is 0 Å². The van der Waals surface area contributed by atoms with Crippen molar-refractivity contribution in [2.75, 3.05) is 19.8 Å². The summed E-state index contributed by atoms with van der Waals surface area (Å²) in [6, 6.07) is 8.46. The lowest BCUT2D eigenvalue weighted by atomic mass is 10.1. The Balaban J connectivity index is 1.55. The summed E-state index contributed by atoms with van der Waals surface area (Å²) >= 11 is 0. The lowest BCUT2D eigenvalue weighted by Crippen LogP contribution is -2.23. The first-order valence-electron chi connectivity index (χ1n) is 9.81. The van der Waals surface area contributed by atoms with Gasteiger partial charge >= 0.3 is 0 Å². The summed E-state index contributed by atoms with van der Waals surface area (Å²) in [5.74, 6) is 2.46. The topological polar surface area (TPSA) is 83.1 Å². The zero-order valence-electron chi connectivity index (χ0n) is 16.6. The second kappa shape index (κ2) is 8.12. The summed E-state index contributed by atoms with van der Waals surface area (Å²) in [6.07, 6.45) is 1.68. The Labute approximate surface area is 171 Å². The van der Waals surface area contributed by atoms with Gasteiger partial charge in [-0.15, -0.1) is 0 Å². The molecule has 0 aromatic heterocycles. The molecular formula is C21H25NO6S. The van der Waals surface area contributed by atoms with Crippen molar-refractivity contribution in [3.63, 3.8) is 0 Å². The highest BCUT2D eigenvalue weighted by Gasteiger charge is 2.23. The monoisotopic (exact) mass is 419 g/mol. The zero-order chi connectivity index (χ0) is 20.4. The Morgan fingerprint density at radius 3 is 2.69 bits per heavy atom. The van der Waals surface area contributed by atoms with Gasteiger partial charge in [0.15, 0.2) is 11.5 Å².